The summed E-state index contributed by atoms with van der Waals surface area (Å²) in [4.78, 5) is 12.7. The average Bonchev–Trinajstić information content (AvgIpc) is 3.39. The van der Waals surface area contributed by atoms with Gasteiger partial charge in [-0.05, 0) is 25.3 Å². The van der Waals surface area contributed by atoms with Gasteiger partial charge in [0.05, 0.1) is 5.71 Å². The molecule has 0 aromatic heterocycles. The molecule has 0 heterocycles. The van der Waals surface area contributed by atoms with Crippen molar-refractivity contribution in [2.75, 3.05) is 14.2 Å². The molecule has 1 aromatic carbocycles. The Bertz CT molecular complexity index is 631. The number of carbonyl (C=O) groups is 1. The molecule has 0 bridgehead atoms. The van der Waals surface area contributed by atoms with Crippen molar-refractivity contribution in [1.82, 2.24) is 0 Å². The molecule has 1 aromatic rings. The fourth-order valence-electron chi connectivity index (χ4n) is 2.47. The zero-order valence-electron chi connectivity index (χ0n) is 12.9. The highest BCUT2D eigenvalue weighted by molar-refractivity contribution is 7.55. The van der Waals surface area contributed by atoms with Gasteiger partial charge in [0.25, 0.3) is 0 Å². The monoisotopic (exact) mass is 325 g/mol. The van der Waals surface area contributed by atoms with Gasteiger partial charge >= 0.3 is 7.60 Å². The van der Waals surface area contributed by atoms with Gasteiger partial charge in [0.1, 0.15) is 5.66 Å². The lowest BCUT2D eigenvalue weighted by Crippen LogP contribution is -2.19. The predicted molar refractivity (Wildman–Crippen MR) is 82.5 cm³/mol. The van der Waals surface area contributed by atoms with Gasteiger partial charge in [-0.3, -0.25) is 9.36 Å². The van der Waals surface area contributed by atoms with Crippen LogP contribution in [0.25, 0.3) is 0 Å². The van der Waals surface area contributed by atoms with Gasteiger partial charge in [0.2, 0.25) is 0 Å². The summed E-state index contributed by atoms with van der Waals surface area (Å²) in [7, 11) is -1.10. The Morgan fingerprint density at radius 3 is 2.41 bits per heavy atom. The summed E-state index contributed by atoms with van der Waals surface area (Å²) < 4.78 is 23.1. The van der Waals surface area contributed by atoms with E-state index in [1.54, 1.807) is 31.2 Å². The maximum atomic E-state index is 12.9. The topological polar surface area (TPSA) is 85.2 Å². The van der Waals surface area contributed by atoms with Crippen molar-refractivity contribution in [3.05, 3.63) is 35.4 Å². The van der Waals surface area contributed by atoms with E-state index in [1.165, 1.54) is 14.2 Å². The van der Waals surface area contributed by atoms with Crippen molar-refractivity contribution in [2.24, 2.45) is 11.1 Å². The van der Waals surface area contributed by atoms with Crippen LogP contribution in [0.1, 0.15) is 36.6 Å². The van der Waals surface area contributed by atoms with Crippen molar-refractivity contribution >= 4 is 19.1 Å². The average molecular weight is 325 g/mol. The number of Topliss-reactive ketones (excluding diaryl/α,β-unsaturated/α-hetero) is 1. The minimum Gasteiger partial charge on any atom is -0.411 e. The van der Waals surface area contributed by atoms with Crippen LogP contribution in [0.3, 0.4) is 0 Å². The molecule has 1 saturated carbocycles. The molecule has 0 aliphatic heterocycles. The number of ketones is 1. The predicted octanol–water partition coefficient (Wildman–Crippen LogP) is 3.39. The van der Waals surface area contributed by atoms with Crippen molar-refractivity contribution in [3.8, 4) is 0 Å². The van der Waals surface area contributed by atoms with Gasteiger partial charge in [0, 0.05) is 25.7 Å². The highest BCUT2D eigenvalue weighted by Gasteiger charge is 2.47. The van der Waals surface area contributed by atoms with Crippen molar-refractivity contribution < 1.29 is 23.6 Å². The molecule has 22 heavy (non-hydrogen) atoms. The Balaban J connectivity index is 2.60. The SMILES string of the molecule is COP(=O)(OC)[C@H](C(=O)C1CC1)c1ccccc1/C(C)=N/O. The van der Waals surface area contributed by atoms with Gasteiger partial charge in [-0.1, -0.05) is 29.4 Å². The lowest BCUT2D eigenvalue weighted by atomic mass is 9.97. The third kappa shape index (κ3) is 3.14. The standard InChI is InChI=1S/C15H20NO5P/c1-10(16-18)12-6-4-5-7-13(12)15(14(17)11-8-9-11)22(19,20-2)21-3/h4-7,11,15,18H,8-9H2,1-3H3/b16-10+/t15-/m0/s1. The molecule has 1 aliphatic rings. The first kappa shape index (κ1) is 16.9. The highest BCUT2D eigenvalue weighted by Crippen LogP contribution is 2.62. The smallest absolute Gasteiger partial charge is 0.345 e. The number of hydrogen-bond acceptors (Lipinski definition) is 6. The van der Waals surface area contributed by atoms with Gasteiger partial charge < -0.3 is 14.3 Å². The molecular weight excluding hydrogens is 305 g/mol. The molecule has 6 nitrogen and oxygen atoms in total. The molecule has 0 radical (unpaired) electrons. The van der Waals surface area contributed by atoms with E-state index in [-0.39, 0.29) is 11.7 Å². The zero-order valence-corrected chi connectivity index (χ0v) is 13.7. The minimum atomic E-state index is -3.65. The highest BCUT2D eigenvalue weighted by atomic mass is 31.2. The van der Waals surface area contributed by atoms with Crippen LogP contribution in [0.15, 0.2) is 29.4 Å². The molecule has 0 unspecified atom stereocenters. The lowest BCUT2D eigenvalue weighted by Gasteiger charge is -2.25. The number of rotatable bonds is 7. The van der Waals surface area contributed by atoms with Crippen molar-refractivity contribution in [3.63, 3.8) is 0 Å². The van der Waals surface area contributed by atoms with Crippen LogP contribution in [0.5, 0.6) is 0 Å². The van der Waals surface area contributed by atoms with Crippen molar-refractivity contribution in [1.29, 1.82) is 0 Å². The zero-order chi connectivity index (χ0) is 16.3. The van der Waals surface area contributed by atoms with E-state index in [0.717, 1.165) is 12.8 Å². The summed E-state index contributed by atoms with van der Waals surface area (Å²) in [5, 5.41) is 12.2. The number of oxime groups is 1. The molecule has 1 N–H and O–H groups in total. The van der Waals surface area contributed by atoms with Crippen LogP contribution < -0.4 is 0 Å². The van der Waals surface area contributed by atoms with Crippen LogP contribution in [0.4, 0.5) is 0 Å². The third-order valence-electron chi connectivity index (χ3n) is 3.87. The molecule has 120 valence electrons. The van der Waals surface area contributed by atoms with Crippen LogP contribution in [-0.4, -0.2) is 30.9 Å². The van der Waals surface area contributed by atoms with Crippen LogP contribution >= 0.6 is 7.60 Å². The number of nitrogens with zero attached hydrogens (tertiary/aromatic N) is 1. The van der Waals surface area contributed by atoms with E-state index in [9.17, 15) is 9.36 Å². The summed E-state index contributed by atoms with van der Waals surface area (Å²) >= 11 is 0. The fraction of sp³-hybridized carbons (Fsp3) is 0.467. The summed E-state index contributed by atoms with van der Waals surface area (Å²) in [6, 6.07) is 6.91. The summed E-state index contributed by atoms with van der Waals surface area (Å²) in [6.45, 7) is 1.61. The van der Waals surface area contributed by atoms with Gasteiger partial charge in [-0.2, -0.15) is 0 Å². The second-order valence-electron chi connectivity index (χ2n) is 5.26. The molecule has 2 rings (SSSR count). The Labute approximate surface area is 129 Å². The lowest BCUT2D eigenvalue weighted by molar-refractivity contribution is -0.120. The number of carbonyl (C=O) groups excluding carboxylic acids is 1. The molecule has 0 saturated heterocycles. The van der Waals surface area contributed by atoms with E-state index in [1.807, 2.05) is 0 Å². The summed E-state index contributed by atoms with van der Waals surface area (Å²) in [6.07, 6.45) is 1.58. The molecule has 0 amide bonds. The summed E-state index contributed by atoms with van der Waals surface area (Å²) in [5.41, 5.74) is 0.380. The van der Waals surface area contributed by atoms with E-state index in [2.05, 4.69) is 5.16 Å². The first-order valence-electron chi connectivity index (χ1n) is 7.01. The maximum Gasteiger partial charge on any atom is 0.345 e. The molecule has 1 atom stereocenters. The fourth-order valence-corrected chi connectivity index (χ4v) is 4.13. The molecule has 7 heteroatoms. The second kappa shape index (κ2) is 6.73. The Morgan fingerprint density at radius 1 is 1.32 bits per heavy atom. The van der Waals surface area contributed by atoms with Gasteiger partial charge in [-0.15, -0.1) is 0 Å². The van der Waals surface area contributed by atoms with E-state index in [4.69, 9.17) is 14.3 Å². The number of benzene rings is 1. The number of hydrogen-bond donors (Lipinski definition) is 1. The normalized spacial score (nSPS) is 17.3. The van der Waals surface area contributed by atoms with E-state index >= 15 is 0 Å². The molecule has 0 spiro atoms. The third-order valence-corrected chi connectivity index (χ3v) is 6.05. The summed E-state index contributed by atoms with van der Waals surface area (Å²) in [5.74, 6) is -0.256. The molecule has 1 aliphatic carbocycles. The van der Waals surface area contributed by atoms with Crippen LogP contribution in [0.2, 0.25) is 0 Å². The second-order valence-corrected chi connectivity index (χ2v) is 7.58. The maximum absolute atomic E-state index is 12.9. The van der Waals surface area contributed by atoms with Crippen LogP contribution in [-0.2, 0) is 18.4 Å². The van der Waals surface area contributed by atoms with E-state index in [0.29, 0.717) is 16.8 Å². The van der Waals surface area contributed by atoms with Crippen LogP contribution in [0, 0.1) is 5.92 Å². The largest absolute Gasteiger partial charge is 0.411 e. The Morgan fingerprint density at radius 2 is 1.91 bits per heavy atom. The molecule has 1 fully saturated rings. The first-order chi connectivity index (χ1) is 10.5. The Hall–Kier alpha value is -1.49. The Kier molecular flexibility index (Phi) is 5.16. The van der Waals surface area contributed by atoms with Gasteiger partial charge in [0.15, 0.2) is 5.78 Å². The minimum absolute atomic E-state index is 0.108. The van der Waals surface area contributed by atoms with E-state index < -0.39 is 13.3 Å². The molecular formula is C15H20NO5P. The quantitative estimate of drug-likeness (QED) is 0.359. The first-order valence-corrected chi connectivity index (χ1v) is 8.62. The van der Waals surface area contributed by atoms with Gasteiger partial charge in [-0.25, -0.2) is 0 Å². The van der Waals surface area contributed by atoms with Crippen molar-refractivity contribution in [2.45, 2.75) is 25.4 Å².